The Bertz CT molecular complexity index is 626. The number of piperidine rings is 1. The van der Waals surface area contributed by atoms with Crippen molar-refractivity contribution in [3.63, 3.8) is 0 Å². The molecule has 23 heavy (non-hydrogen) atoms. The van der Waals surface area contributed by atoms with Crippen molar-refractivity contribution in [2.75, 3.05) is 18.4 Å². The fraction of sp³-hybridized carbons (Fsp3) is 0.588. The number of hydrogen-bond acceptors (Lipinski definition) is 3. The summed E-state index contributed by atoms with van der Waals surface area (Å²) in [5.41, 5.74) is 0.636. The van der Waals surface area contributed by atoms with Gasteiger partial charge < -0.3 is 5.32 Å². The molecule has 6 heteroatoms. The van der Waals surface area contributed by atoms with Crippen molar-refractivity contribution in [2.24, 2.45) is 5.92 Å². The molecular weight excluding hydrogens is 312 g/mol. The van der Waals surface area contributed by atoms with Gasteiger partial charge in [-0.1, -0.05) is 20.3 Å². The summed E-state index contributed by atoms with van der Waals surface area (Å²) in [4.78, 5) is 12.0. The number of amides is 1. The van der Waals surface area contributed by atoms with Crippen molar-refractivity contribution in [2.45, 2.75) is 50.8 Å². The molecule has 1 amide bonds. The van der Waals surface area contributed by atoms with Crippen LogP contribution >= 0.6 is 0 Å². The van der Waals surface area contributed by atoms with Gasteiger partial charge in [-0.15, -0.1) is 0 Å². The van der Waals surface area contributed by atoms with E-state index in [9.17, 15) is 13.2 Å². The third-order valence-corrected chi connectivity index (χ3v) is 6.03. The first-order valence-electron chi connectivity index (χ1n) is 8.33. The van der Waals surface area contributed by atoms with E-state index in [1.165, 1.54) is 0 Å². The summed E-state index contributed by atoms with van der Waals surface area (Å²) < 4.78 is 26.9. The zero-order valence-electron chi connectivity index (χ0n) is 13.9. The summed E-state index contributed by atoms with van der Waals surface area (Å²) in [5.74, 6) is 0.364. The minimum absolute atomic E-state index is 0.0349. The van der Waals surface area contributed by atoms with Gasteiger partial charge in [0.2, 0.25) is 15.9 Å². The van der Waals surface area contributed by atoms with Crippen molar-refractivity contribution in [3.05, 3.63) is 24.3 Å². The first kappa shape index (κ1) is 17.9. The predicted molar refractivity (Wildman–Crippen MR) is 91.8 cm³/mol. The second kappa shape index (κ2) is 7.93. The minimum Gasteiger partial charge on any atom is -0.326 e. The molecule has 1 aromatic rings. The van der Waals surface area contributed by atoms with Gasteiger partial charge in [-0.25, -0.2) is 8.42 Å². The molecule has 2 rings (SSSR count). The largest absolute Gasteiger partial charge is 0.326 e. The second-order valence-electron chi connectivity index (χ2n) is 6.29. The van der Waals surface area contributed by atoms with E-state index in [1.54, 1.807) is 28.6 Å². The Morgan fingerprint density at radius 2 is 2.00 bits per heavy atom. The van der Waals surface area contributed by atoms with Crippen LogP contribution in [0.15, 0.2) is 29.2 Å². The Morgan fingerprint density at radius 3 is 2.61 bits per heavy atom. The van der Waals surface area contributed by atoms with E-state index in [1.807, 2.05) is 6.92 Å². The Morgan fingerprint density at radius 1 is 1.30 bits per heavy atom. The van der Waals surface area contributed by atoms with Gasteiger partial charge in [0.25, 0.3) is 0 Å². The maximum Gasteiger partial charge on any atom is 0.243 e. The van der Waals surface area contributed by atoms with E-state index in [-0.39, 0.29) is 10.8 Å². The van der Waals surface area contributed by atoms with Crippen LogP contribution in [0.5, 0.6) is 0 Å². The second-order valence-corrected chi connectivity index (χ2v) is 8.22. The van der Waals surface area contributed by atoms with E-state index >= 15 is 0 Å². The van der Waals surface area contributed by atoms with Crippen LogP contribution in [0.3, 0.4) is 0 Å². The lowest BCUT2D eigenvalue weighted by molar-refractivity contribution is -0.116. The first-order chi connectivity index (χ1) is 10.9. The highest BCUT2D eigenvalue weighted by Crippen LogP contribution is 2.24. The van der Waals surface area contributed by atoms with E-state index in [0.29, 0.717) is 31.1 Å². The number of sulfonamides is 1. The van der Waals surface area contributed by atoms with Crippen LogP contribution in [-0.2, 0) is 14.8 Å². The average molecular weight is 338 g/mol. The molecule has 0 aliphatic carbocycles. The maximum absolute atomic E-state index is 12.6. The summed E-state index contributed by atoms with van der Waals surface area (Å²) in [6.07, 6.45) is 4.30. The Hall–Kier alpha value is -1.40. The quantitative estimate of drug-likeness (QED) is 0.866. The van der Waals surface area contributed by atoms with Gasteiger partial charge in [0.1, 0.15) is 0 Å². The lowest BCUT2D eigenvalue weighted by Crippen LogP contribution is -2.39. The van der Waals surface area contributed by atoms with Crippen molar-refractivity contribution in [3.8, 4) is 0 Å². The van der Waals surface area contributed by atoms with Crippen LogP contribution in [0.25, 0.3) is 0 Å². The Labute approximate surface area is 139 Å². The third kappa shape index (κ3) is 4.78. The average Bonchev–Trinajstić information content (AvgIpc) is 2.53. The SMILES string of the molecule is CCCCC(=O)Nc1ccc(S(=O)(=O)N2CCC[C@H](C)C2)cc1. The molecule has 0 aromatic heterocycles. The van der Waals surface area contributed by atoms with E-state index in [4.69, 9.17) is 0 Å². The van der Waals surface area contributed by atoms with E-state index in [2.05, 4.69) is 12.2 Å². The smallest absolute Gasteiger partial charge is 0.243 e. The number of nitrogens with one attached hydrogen (secondary N) is 1. The number of carbonyl (C=O) groups excluding carboxylic acids is 1. The standard InChI is InChI=1S/C17H26N2O3S/c1-3-4-7-17(20)18-15-8-10-16(11-9-15)23(21,22)19-12-5-6-14(2)13-19/h8-11,14H,3-7,12-13H2,1-2H3,(H,18,20)/t14-/m0/s1. The Kier molecular flexibility index (Phi) is 6.18. The van der Waals surface area contributed by atoms with Crippen molar-refractivity contribution < 1.29 is 13.2 Å². The number of unbranched alkanes of at least 4 members (excludes halogenated alkanes) is 1. The lowest BCUT2D eigenvalue weighted by atomic mass is 10.0. The van der Waals surface area contributed by atoms with Crippen LogP contribution in [0.2, 0.25) is 0 Å². The predicted octanol–water partition coefficient (Wildman–Crippen LogP) is 3.24. The molecule has 1 aliphatic heterocycles. The number of anilines is 1. The van der Waals surface area contributed by atoms with E-state index < -0.39 is 10.0 Å². The number of benzene rings is 1. The van der Waals surface area contributed by atoms with E-state index in [0.717, 1.165) is 25.7 Å². The summed E-state index contributed by atoms with van der Waals surface area (Å²) in [5, 5.41) is 2.79. The van der Waals surface area contributed by atoms with Gasteiger partial charge in [-0.2, -0.15) is 4.31 Å². The molecule has 1 atom stereocenters. The number of nitrogens with zero attached hydrogens (tertiary/aromatic N) is 1. The molecule has 0 spiro atoms. The van der Waals surface area contributed by atoms with Crippen LogP contribution in [0.1, 0.15) is 46.0 Å². The molecule has 1 aliphatic rings. The van der Waals surface area contributed by atoms with Gasteiger partial charge in [-0.05, 0) is 49.4 Å². The van der Waals surface area contributed by atoms with Crippen LogP contribution in [-0.4, -0.2) is 31.7 Å². The molecule has 1 fully saturated rings. The first-order valence-corrected chi connectivity index (χ1v) is 9.77. The summed E-state index contributed by atoms with van der Waals surface area (Å²) in [6, 6.07) is 6.46. The van der Waals surface area contributed by atoms with Gasteiger partial charge in [0.05, 0.1) is 4.90 Å². The number of rotatable bonds is 6. The van der Waals surface area contributed by atoms with Crippen LogP contribution in [0, 0.1) is 5.92 Å². The molecule has 128 valence electrons. The molecular formula is C17H26N2O3S. The number of hydrogen-bond donors (Lipinski definition) is 1. The Balaban J connectivity index is 2.04. The zero-order chi connectivity index (χ0) is 16.9. The topological polar surface area (TPSA) is 66.5 Å². The molecule has 1 N–H and O–H groups in total. The van der Waals surface area contributed by atoms with Crippen molar-refractivity contribution >= 4 is 21.6 Å². The highest BCUT2D eigenvalue weighted by molar-refractivity contribution is 7.89. The summed E-state index contributed by atoms with van der Waals surface area (Å²) in [7, 11) is -3.43. The molecule has 0 unspecified atom stereocenters. The fourth-order valence-corrected chi connectivity index (χ4v) is 4.38. The summed E-state index contributed by atoms with van der Waals surface area (Å²) >= 11 is 0. The zero-order valence-corrected chi connectivity index (χ0v) is 14.7. The molecule has 0 saturated carbocycles. The maximum atomic E-state index is 12.6. The van der Waals surface area contributed by atoms with Crippen molar-refractivity contribution in [1.82, 2.24) is 4.31 Å². The molecule has 5 nitrogen and oxygen atoms in total. The van der Waals surface area contributed by atoms with Crippen molar-refractivity contribution in [1.29, 1.82) is 0 Å². The molecule has 1 saturated heterocycles. The normalized spacial score (nSPS) is 19.5. The molecule has 1 aromatic carbocycles. The molecule has 0 radical (unpaired) electrons. The fourth-order valence-electron chi connectivity index (χ4n) is 2.78. The highest BCUT2D eigenvalue weighted by atomic mass is 32.2. The van der Waals surface area contributed by atoms with Crippen LogP contribution in [0.4, 0.5) is 5.69 Å². The summed E-state index contributed by atoms with van der Waals surface area (Å²) in [6.45, 7) is 5.28. The molecule has 1 heterocycles. The minimum atomic E-state index is -3.43. The molecule has 0 bridgehead atoms. The van der Waals surface area contributed by atoms with Crippen LogP contribution < -0.4 is 5.32 Å². The van der Waals surface area contributed by atoms with Gasteiger partial charge in [0.15, 0.2) is 0 Å². The van der Waals surface area contributed by atoms with Gasteiger partial charge in [-0.3, -0.25) is 4.79 Å². The third-order valence-electron chi connectivity index (χ3n) is 4.15. The number of carbonyl (C=O) groups is 1. The van der Waals surface area contributed by atoms with Gasteiger partial charge >= 0.3 is 0 Å². The highest BCUT2D eigenvalue weighted by Gasteiger charge is 2.28. The van der Waals surface area contributed by atoms with Gasteiger partial charge in [0, 0.05) is 25.2 Å². The monoisotopic (exact) mass is 338 g/mol. The lowest BCUT2D eigenvalue weighted by Gasteiger charge is -2.30.